The molecule has 0 aliphatic heterocycles. The molecule has 0 saturated carbocycles. The maximum absolute atomic E-state index is 9.73. The molecule has 7 heteroatoms. The Balaban J connectivity index is 3.85. The number of halogens is 3. The van der Waals surface area contributed by atoms with Gasteiger partial charge < -0.3 is 5.11 Å². The van der Waals surface area contributed by atoms with Crippen molar-refractivity contribution in [3.8, 4) is 0 Å². The Morgan fingerprint density at radius 2 is 2.00 bits per heavy atom. The lowest BCUT2D eigenvalue weighted by Gasteiger charge is -2.13. The van der Waals surface area contributed by atoms with Crippen LogP contribution >= 0.6 is 34.8 Å². The molecule has 4 nitrogen and oxygen atoms in total. The standard InChI is InChI=1S/C3H4Cl3NO3/c4-3(5,6)2(8)1-7(9)10/h2,8H,1H2/t2-/m1/s1. The highest BCUT2D eigenvalue weighted by atomic mass is 35.6. The highest BCUT2D eigenvalue weighted by Crippen LogP contribution is 2.29. The van der Waals surface area contributed by atoms with E-state index >= 15 is 0 Å². The molecule has 0 aliphatic carbocycles. The van der Waals surface area contributed by atoms with Gasteiger partial charge in [0.15, 0.2) is 6.10 Å². The summed E-state index contributed by atoms with van der Waals surface area (Å²) in [5.74, 6) is 0. The van der Waals surface area contributed by atoms with Gasteiger partial charge in [0.05, 0.1) is 0 Å². The fourth-order valence-electron chi connectivity index (χ4n) is 0.245. The Hall–Kier alpha value is 0.230. The maximum Gasteiger partial charge on any atom is 0.233 e. The molecule has 60 valence electrons. The lowest BCUT2D eigenvalue weighted by Crippen LogP contribution is -2.32. The topological polar surface area (TPSA) is 63.4 Å². The monoisotopic (exact) mass is 207 g/mol. The Labute approximate surface area is 71.8 Å². The summed E-state index contributed by atoms with van der Waals surface area (Å²) >= 11 is 15.3. The zero-order valence-electron chi connectivity index (χ0n) is 4.63. The Morgan fingerprint density at radius 1 is 1.60 bits per heavy atom. The van der Waals surface area contributed by atoms with Crippen LogP contribution < -0.4 is 0 Å². The minimum absolute atomic E-state index is 0.757. The molecule has 0 aliphatic rings. The average molecular weight is 208 g/mol. The number of alkyl halides is 3. The molecule has 0 aromatic carbocycles. The van der Waals surface area contributed by atoms with E-state index in [1.807, 2.05) is 0 Å². The van der Waals surface area contributed by atoms with Crippen LogP contribution in [-0.2, 0) is 0 Å². The van der Waals surface area contributed by atoms with E-state index in [0.29, 0.717) is 0 Å². The van der Waals surface area contributed by atoms with E-state index in [1.165, 1.54) is 0 Å². The third-order valence-corrected chi connectivity index (χ3v) is 1.46. The van der Waals surface area contributed by atoms with Crippen molar-refractivity contribution in [2.75, 3.05) is 6.54 Å². The number of hydrogen-bond donors (Lipinski definition) is 1. The summed E-state index contributed by atoms with van der Waals surface area (Å²) in [6.07, 6.45) is -1.56. The van der Waals surface area contributed by atoms with Gasteiger partial charge in [0.25, 0.3) is 0 Å². The second kappa shape index (κ2) is 3.57. The third kappa shape index (κ3) is 4.11. The van der Waals surface area contributed by atoms with Gasteiger partial charge in [0.2, 0.25) is 10.3 Å². The molecular weight excluding hydrogens is 204 g/mol. The van der Waals surface area contributed by atoms with Crippen molar-refractivity contribution in [2.45, 2.75) is 9.90 Å². The van der Waals surface area contributed by atoms with E-state index in [-0.39, 0.29) is 0 Å². The van der Waals surface area contributed by atoms with Gasteiger partial charge in [0.1, 0.15) is 0 Å². The van der Waals surface area contributed by atoms with Gasteiger partial charge in [-0.05, 0) is 0 Å². The van der Waals surface area contributed by atoms with E-state index in [4.69, 9.17) is 39.9 Å². The number of aliphatic hydroxyl groups is 1. The van der Waals surface area contributed by atoms with Crippen molar-refractivity contribution in [1.82, 2.24) is 0 Å². The summed E-state index contributed by atoms with van der Waals surface area (Å²) in [6, 6.07) is 0. The summed E-state index contributed by atoms with van der Waals surface area (Å²) in [4.78, 5) is 8.97. The predicted octanol–water partition coefficient (Wildman–Crippen LogP) is 0.994. The number of aliphatic hydroxyl groups excluding tert-OH is 1. The molecule has 0 saturated heterocycles. The molecule has 0 aromatic heterocycles. The van der Waals surface area contributed by atoms with Crippen LogP contribution in [-0.4, -0.2) is 26.5 Å². The van der Waals surface area contributed by atoms with Crippen LogP contribution in [0, 0.1) is 10.1 Å². The largest absolute Gasteiger partial charge is 0.382 e. The van der Waals surface area contributed by atoms with Gasteiger partial charge in [-0.1, -0.05) is 34.8 Å². The van der Waals surface area contributed by atoms with Gasteiger partial charge in [0, 0.05) is 4.92 Å². The maximum atomic E-state index is 9.73. The van der Waals surface area contributed by atoms with Gasteiger partial charge in [-0.15, -0.1) is 0 Å². The third-order valence-electron chi connectivity index (χ3n) is 0.700. The van der Waals surface area contributed by atoms with Gasteiger partial charge >= 0.3 is 0 Å². The first-order chi connectivity index (χ1) is 4.34. The molecule has 0 rings (SSSR count). The molecule has 10 heavy (non-hydrogen) atoms. The summed E-state index contributed by atoms with van der Waals surface area (Å²) in [5.41, 5.74) is 0. The highest BCUT2D eigenvalue weighted by molar-refractivity contribution is 6.68. The van der Waals surface area contributed by atoms with Crippen LogP contribution in [0.5, 0.6) is 0 Å². The molecule has 1 N–H and O–H groups in total. The first-order valence-corrected chi connectivity index (χ1v) is 3.34. The molecule has 0 aromatic rings. The quantitative estimate of drug-likeness (QED) is 0.418. The van der Waals surface area contributed by atoms with Crippen molar-refractivity contribution >= 4 is 34.8 Å². The van der Waals surface area contributed by atoms with Crippen LogP contribution in [0.4, 0.5) is 0 Å². The SMILES string of the molecule is O=[N+]([O-])C[C@@H](O)C(Cl)(Cl)Cl. The Morgan fingerprint density at radius 3 is 2.10 bits per heavy atom. The zero-order chi connectivity index (χ0) is 8.36. The van der Waals surface area contributed by atoms with Crippen molar-refractivity contribution in [1.29, 1.82) is 0 Å². The molecule has 0 amide bonds. The number of nitro groups is 1. The second-order valence-corrected chi connectivity index (χ2v) is 3.94. The molecular formula is C3H4Cl3NO3. The zero-order valence-corrected chi connectivity index (χ0v) is 6.90. The van der Waals surface area contributed by atoms with Gasteiger partial charge in [-0.3, -0.25) is 10.1 Å². The minimum Gasteiger partial charge on any atom is -0.382 e. The van der Waals surface area contributed by atoms with E-state index < -0.39 is 21.4 Å². The van der Waals surface area contributed by atoms with E-state index in [0.717, 1.165) is 0 Å². The smallest absolute Gasteiger partial charge is 0.233 e. The van der Waals surface area contributed by atoms with Crippen molar-refractivity contribution < 1.29 is 10.0 Å². The minimum atomic E-state index is -1.98. The lowest BCUT2D eigenvalue weighted by molar-refractivity contribution is -0.490. The Kier molecular flexibility index (Phi) is 3.65. The molecule has 1 atom stereocenters. The summed E-state index contributed by atoms with van der Waals surface area (Å²) in [7, 11) is 0. The van der Waals surface area contributed by atoms with Crippen LogP contribution in [0.3, 0.4) is 0 Å². The van der Waals surface area contributed by atoms with E-state index in [1.54, 1.807) is 0 Å². The first-order valence-electron chi connectivity index (χ1n) is 2.20. The van der Waals surface area contributed by atoms with Gasteiger partial charge in [-0.25, -0.2) is 0 Å². The molecule has 0 bridgehead atoms. The number of rotatable bonds is 2. The van der Waals surface area contributed by atoms with E-state index in [9.17, 15) is 10.1 Å². The Bertz CT molecular complexity index is 133. The fraction of sp³-hybridized carbons (Fsp3) is 1.00. The molecule has 0 unspecified atom stereocenters. The lowest BCUT2D eigenvalue weighted by atomic mass is 10.4. The van der Waals surface area contributed by atoms with E-state index in [2.05, 4.69) is 0 Å². The molecule has 0 heterocycles. The fourth-order valence-corrected chi connectivity index (χ4v) is 0.452. The van der Waals surface area contributed by atoms with Crippen molar-refractivity contribution in [3.05, 3.63) is 10.1 Å². The van der Waals surface area contributed by atoms with Crippen molar-refractivity contribution in [2.24, 2.45) is 0 Å². The van der Waals surface area contributed by atoms with Crippen LogP contribution in [0.2, 0.25) is 0 Å². The number of hydrogen-bond acceptors (Lipinski definition) is 3. The van der Waals surface area contributed by atoms with Crippen LogP contribution in [0.15, 0.2) is 0 Å². The summed E-state index contributed by atoms with van der Waals surface area (Å²) < 4.78 is -1.98. The molecule has 0 radical (unpaired) electrons. The van der Waals surface area contributed by atoms with Crippen molar-refractivity contribution in [3.63, 3.8) is 0 Å². The second-order valence-electron chi connectivity index (χ2n) is 1.57. The summed E-state index contributed by atoms with van der Waals surface area (Å²) in [5, 5.41) is 18.4. The van der Waals surface area contributed by atoms with Crippen LogP contribution in [0.25, 0.3) is 0 Å². The average Bonchev–Trinajstić information content (AvgIpc) is 1.60. The van der Waals surface area contributed by atoms with Crippen LogP contribution in [0.1, 0.15) is 0 Å². The molecule has 0 fully saturated rings. The summed E-state index contributed by atoms with van der Waals surface area (Å²) in [6.45, 7) is -0.767. The predicted molar refractivity (Wildman–Crippen MR) is 38.2 cm³/mol. The highest BCUT2D eigenvalue weighted by Gasteiger charge is 2.34. The van der Waals surface area contributed by atoms with Gasteiger partial charge in [-0.2, -0.15) is 0 Å². The number of nitrogens with zero attached hydrogens (tertiary/aromatic N) is 1. The molecule has 0 spiro atoms. The first kappa shape index (κ1) is 10.2. The normalized spacial score (nSPS) is 14.8.